The van der Waals surface area contributed by atoms with E-state index in [0.29, 0.717) is 24.6 Å². The third-order valence-electron chi connectivity index (χ3n) is 3.75. The Labute approximate surface area is 126 Å². The van der Waals surface area contributed by atoms with Crippen LogP contribution in [0.1, 0.15) is 37.0 Å². The SMILES string of the molecule is CC(C)COc1ccc(C(=O)N2CCCC(CO)C2)cc1. The minimum Gasteiger partial charge on any atom is -0.493 e. The van der Waals surface area contributed by atoms with Crippen molar-refractivity contribution in [3.8, 4) is 5.75 Å². The fourth-order valence-corrected chi connectivity index (χ4v) is 2.54. The maximum Gasteiger partial charge on any atom is 0.253 e. The van der Waals surface area contributed by atoms with Crippen molar-refractivity contribution < 1.29 is 14.6 Å². The second-order valence-electron chi connectivity index (χ2n) is 6.17. The monoisotopic (exact) mass is 291 g/mol. The van der Waals surface area contributed by atoms with E-state index in [1.807, 2.05) is 29.2 Å². The lowest BCUT2D eigenvalue weighted by atomic mass is 9.98. The van der Waals surface area contributed by atoms with E-state index >= 15 is 0 Å². The molecule has 1 aromatic carbocycles. The number of rotatable bonds is 5. The van der Waals surface area contributed by atoms with Crippen molar-refractivity contribution in [2.24, 2.45) is 11.8 Å². The molecule has 2 rings (SSSR count). The van der Waals surface area contributed by atoms with Gasteiger partial charge >= 0.3 is 0 Å². The molecule has 0 spiro atoms. The number of benzene rings is 1. The summed E-state index contributed by atoms with van der Waals surface area (Å²) in [6, 6.07) is 7.34. The summed E-state index contributed by atoms with van der Waals surface area (Å²) >= 11 is 0. The van der Waals surface area contributed by atoms with Crippen LogP contribution in [0.5, 0.6) is 5.75 Å². The van der Waals surface area contributed by atoms with E-state index in [1.165, 1.54) is 0 Å². The molecule has 21 heavy (non-hydrogen) atoms. The van der Waals surface area contributed by atoms with E-state index < -0.39 is 0 Å². The Balaban J connectivity index is 1.96. The zero-order chi connectivity index (χ0) is 15.2. The quantitative estimate of drug-likeness (QED) is 0.907. The molecule has 1 heterocycles. The Morgan fingerprint density at radius 1 is 1.38 bits per heavy atom. The second-order valence-corrected chi connectivity index (χ2v) is 6.17. The number of nitrogens with zero attached hydrogens (tertiary/aromatic N) is 1. The number of aliphatic hydroxyl groups is 1. The predicted molar refractivity (Wildman–Crippen MR) is 82.5 cm³/mol. The molecule has 1 N–H and O–H groups in total. The van der Waals surface area contributed by atoms with Crippen molar-refractivity contribution in [3.05, 3.63) is 29.8 Å². The summed E-state index contributed by atoms with van der Waals surface area (Å²) in [6.07, 6.45) is 1.97. The van der Waals surface area contributed by atoms with E-state index in [9.17, 15) is 9.90 Å². The van der Waals surface area contributed by atoms with E-state index in [1.54, 1.807) is 0 Å². The lowest BCUT2D eigenvalue weighted by Crippen LogP contribution is -2.40. The van der Waals surface area contributed by atoms with Crippen LogP contribution in [0.3, 0.4) is 0 Å². The van der Waals surface area contributed by atoms with Crippen LogP contribution in [0.4, 0.5) is 0 Å². The lowest BCUT2D eigenvalue weighted by Gasteiger charge is -2.31. The van der Waals surface area contributed by atoms with Gasteiger partial charge in [0.2, 0.25) is 0 Å². The smallest absolute Gasteiger partial charge is 0.253 e. The molecule has 4 nitrogen and oxygen atoms in total. The fraction of sp³-hybridized carbons (Fsp3) is 0.588. The highest BCUT2D eigenvalue weighted by molar-refractivity contribution is 5.94. The van der Waals surface area contributed by atoms with Gasteiger partial charge in [0.05, 0.1) is 6.61 Å². The maximum absolute atomic E-state index is 12.4. The van der Waals surface area contributed by atoms with Crippen molar-refractivity contribution >= 4 is 5.91 Å². The third kappa shape index (κ3) is 4.46. The van der Waals surface area contributed by atoms with Crippen LogP contribution in [0.2, 0.25) is 0 Å². The highest BCUT2D eigenvalue weighted by Crippen LogP contribution is 2.20. The summed E-state index contributed by atoms with van der Waals surface area (Å²) in [5.74, 6) is 1.54. The molecule has 0 aromatic heterocycles. The van der Waals surface area contributed by atoms with Crippen molar-refractivity contribution in [2.75, 3.05) is 26.3 Å². The summed E-state index contributed by atoms with van der Waals surface area (Å²) < 4.78 is 5.62. The Hall–Kier alpha value is -1.55. The number of hydrogen-bond donors (Lipinski definition) is 1. The summed E-state index contributed by atoms with van der Waals surface area (Å²) in [6.45, 7) is 6.48. The number of carbonyl (C=O) groups is 1. The molecule has 1 atom stereocenters. The van der Waals surface area contributed by atoms with Gasteiger partial charge in [-0.2, -0.15) is 0 Å². The average molecular weight is 291 g/mol. The van der Waals surface area contributed by atoms with E-state index in [-0.39, 0.29) is 18.4 Å². The number of hydrogen-bond acceptors (Lipinski definition) is 3. The van der Waals surface area contributed by atoms with E-state index in [0.717, 1.165) is 25.1 Å². The average Bonchev–Trinajstić information content (AvgIpc) is 2.52. The molecule has 1 aliphatic rings. The first-order valence-corrected chi connectivity index (χ1v) is 7.73. The molecule has 0 aliphatic carbocycles. The molecule has 0 radical (unpaired) electrons. The first-order valence-electron chi connectivity index (χ1n) is 7.73. The Morgan fingerprint density at radius 2 is 2.10 bits per heavy atom. The molecule has 4 heteroatoms. The first kappa shape index (κ1) is 15.8. The molecular weight excluding hydrogens is 266 g/mol. The number of amides is 1. The van der Waals surface area contributed by atoms with Crippen molar-refractivity contribution in [1.82, 2.24) is 4.90 Å². The number of piperidine rings is 1. The normalized spacial score (nSPS) is 18.9. The van der Waals surface area contributed by atoms with Crippen LogP contribution in [0, 0.1) is 11.8 Å². The van der Waals surface area contributed by atoms with Crippen LogP contribution in [-0.2, 0) is 0 Å². The lowest BCUT2D eigenvalue weighted by molar-refractivity contribution is 0.0620. The van der Waals surface area contributed by atoms with Crippen molar-refractivity contribution in [3.63, 3.8) is 0 Å². The van der Waals surface area contributed by atoms with Gasteiger partial charge in [-0.05, 0) is 48.9 Å². The third-order valence-corrected chi connectivity index (χ3v) is 3.75. The van der Waals surface area contributed by atoms with Crippen LogP contribution < -0.4 is 4.74 Å². The number of ether oxygens (including phenoxy) is 1. The minimum atomic E-state index is 0.0450. The number of likely N-dealkylation sites (tertiary alicyclic amines) is 1. The molecule has 1 saturated heterocycles. The summed E-state index contributed by atoms with van der Waals surface area (Å²) in [5.41, 5.74) is 0.686. The van der Waals surface area contributed by atoms with Crippen LogP contribution in [0.25, 0.3) is 0 Å². The first-order chi connectivity index (χ1) is 10.1. The van der Waals surface area contributed by atoms with Gasteiger partial charge in [0.15, 0.2) is 0 Å². The number of aliphatic hydroxyl groups excluding tert-OH is 1. The predicted octanol–water partition coefficient (Wildman–Crippen LogP) is 2.57. The Morgan fingerprint density at radius 3 is 2.71 bits per heavy atom. The Bertz CT molecular complexity index is 456. The van der Waals surface area contributed by atoms with Gasteiger partial charge in [-0.3, -0.25) is 4.79 Å². The largest absolute Gasteiger partial charge is 0.493 e. The van der Waals surface area contributed by atoms with Crippen molar-refractivity contribution in [1.29, 1.82) is 0 Å². The summed E-state index contributed by atoms with van der Waals surface area (Å²) in [7, 11) is 0. The van der Waals surface area contributed by atoms with E-state index in [2.05, 4.69) is 13.8 Å². The second kappa shape index (κ2) is 7.46. The summed E-state index contributed by atoms with van der Waals surface area (Å²) in [5, 5.41) is 9.25. The molecule has 0 bridgehead atoms. The topological polar surface area (TPSA) is 49.8 Å². The molecule has 116 valence electrons. The highest BCUT2D eigenvalue weighted by atomic mass is 16.5. The molecule has 1 unspecified atom stereocenters. The van der Waals surface area contributed by atoms with Gasteiger partial charge in [0.1, 0.15) is 5.75 Å². The molecule has 1 aromatic rings. The zero-order valence-electron chi connectivity index (χ0n) is 12.9. The molecule has 1 fully saturated rings. The van der Waals surface area contributed by atoms with Crippen LogP contribution in [0.15, 0.2) is 24.3 Å². The maximum atomic E-state index is 12.4. The van der Waals surface area contributed by atoms with Crippen LogP contribution in [-0.4, -0.2) is 42.2 Å². The minimum absolute atomic E-state index is 0.0450. The molecule has 1 aliphatic heterocycles. The van der Waals surface area contributed by atoms with Gasteiger partial charge in [0.25, 0.3) is 5.91 Å². The van der Waals surface area contributed by atoms with Gasteiger partial charge in [-0.15, -0.1) is 0 Å². The standard InChI is InChI=1S/C17H25NO3/c1-13(2)12-21-16-7-5-15(6-8-16)17(20)18-9-3-4-14(10-18)11-19/h5-8,13-14,19H,3-4,9-12H2,1-2H3. The van der Waals surface area contributed by atoms with Gasteiger partial charge in [0, 0.05) is 25.3 Å². The molecular formula is C17H25NO3. The van der Waals surface area contributed by atoms with Gasteiger partial charge in [-0.25, -0.2) is 0 Å². The van der Waals surface area contributed by atoms with E-state index in [4.69, 9.17) is 4.74 Å². The van der Waals surface area contributed by atoms with Crippen LogP contribution >= 0.6 is 0 Å². The van der Waals surface area contributed by atoms with Gasteiger partial charge in [-0.1, -0.05) is 13.8 Å². The summed E-state index contributed by atoms with van der Waals surface area (Å²) in [4.78, 5) is 14.3. The number of carbonyl (C=O) groups excluding carboxylic acids is 1. The van der Waals surface area contributed by atoms with Gasteiger partial charge < -0.3 is 14.7 Å². The fourth-order valence-electron chi connectivity index (χ4n) is 2.54. The molecule has 0 saturated carbocycles. The Kier molecular flexibility index (Phi) is 5.62. The molecule has 1 amide bonds. The zero-order valence-corrected chi connectivity index (χ0v) is 12.9. The van der Waals surface area contributed by atoms with Crippen molar-refractivity contribution in [2.45, 2.75) is 26.7 Å². The highest BCUT2D eigenvalue weighted by Gasteiger charge is 2.23.